The number of nitrogens with zero attached hydrogens (tertiary/aromatic N) is 4. The molecule has 0 unspecified atom stereocenters. The van der Waals surface area contributed by atoms with Gasteiger partial charge in [-0.1, -0.05) is 18.9 Å². The van der Waals surface area contributed by atoms with Gasteiger partial charge in [0.15, 0.2) is 0 Å². The molecule has 34 heavy (non-hydrogen) atoms. The van der Waals surface area contributed by atoms with Crippen molar-refractivity contribution in [2.45, 2.75) is 44.6 Å². The van der Waals surface area contributed by atoms with E-state index in [1.54, 1.807) is 4.90 Å². The van der Waals surface area contributed by atoms with Gasteiger partial charge in [-0.05, 0) is 63.0 Å². The van der Waals surface area contributed by atoms with Gasteiger partial charge in [0, 0.05) is 43.8 Å². The topological polar surface area (TPSA) is 62.6 Å². The molecular formula is C27H35N5O2. The van der Waals surface area contributed by atoms with E-state index in [4.69, 9.17) is 4.74 Å². The SMILES string of the molecule is CN(C)C(=O)c1cc2ccc(Nc3ccc(OCCN4CCCC4)nc3)cc2n1C1CCCC1. The Bertz CT molecular complexity index is 1130. The minimum atomic E-state index is 0.0575. The molecule has 1 saturated heterocycles. The third-order valence-electron chi connectivity index (χ3n) is 7.04. The Morgan fingerprint density at radius 2 is 1.82 bits per heavy atom. The summed E-state index contributed by atoms with van der Waals surface area (Å²) in [4.78, 5) is 21.5. The number of hydrogen-bond donors (Lipinski definition) is 1. The molecule has 1 saturated carbocycles. The highest BCUT2D eigenvalue weighted by Crippen LogP contribution is 2.36. The number of likely N-dealkylation sites (tertiary alicyclic amines) is 1. The Labute approximate surface area is 201 Å². The van der Waals surface area contributed by atoms with Gasteiger partial charge in [-0.15, -0.1) is 0 Å². The van der Waals surface area contributed by atoms with Crippen molar-refractivity contribution >= 4 is 28.2 Å². The van der Waals surface area contributed by atoms with Crippen LogP contribution in [0.1, 0.15) is 55.1 Å². The lowest BCUT2D eigenvalue weighted by molar-refractivity contribution is 0.0815. The summed E-state index contributed by atoms with van der Waals surface area (Å²) >= 11 is 0. The maximum Gasteiger partial charge on any atom is 0.270 e. The second kappa shape index (κ2) is 10.1. The maximum absolute atomic E-state index is 12.9. The zero-order valence-electron chi connectivity index (χ0n) is 20.3. The minimum Gasteiger partial charge on any atom is -0.476 e. The predicted octanol–water partition coefficient (Wildman–Crippen LogP) is 5.07. The number of carbonyl (C=O) groups is 1. The first-order chi connectivity index (χ1) is 16.6. The molecule has 0 spiro atoms. The van der Waals surface area contributed by atoms with E-state index in [0.717, 1.165) is 47.4 Å². The average molecular weight is 462 g/mol. The second-order valence-electron chi connectivity index (χ2n) is 9.72. The summed E-state index contributed by atoms with van der Waals surface area (Å²) in [5.41, 5.74) is 3.78. The van der Waals surface area contributed by atoms with Crippen molar-refractivity contribution in [1.29, 1.82) is 0 Å². The van der Waals surface area contributed by atoms with Crippen LogP contribution < -0.4 is 10.1 Å². The fraction of sp³-hybridized carbons (Fsp3) is 0.481. The van der Waals surface area contributed by atoms with Crippen molar-refractivity contribution in [3.63, 3.8) is 0 Å². The van der Waals surface area contributed by atoms with Crippen molar-refractivity contribution in [3.05, 3.63) is 48.3 Å². The fourth-order valence-corrected chi connectivity index (χ4v) is 5.24. The molecule has 2 aromatic heterocycles. The van der Waals surface area contributed by atoms with E-state index >= 15 is 0 Å². The number of anilines is 2. The normalized spacial score (nSPS) is 16.9. The first kappa shape index (κ1) is 22.7. The number of benzene rings is 1. The van der Waals surface area contributed by atoms with E-state index in [0.29, 0.717) is 18.5 Å². The maximum atomic E-state index is 12.9. The molecule has 5 rings (SSSR count). The molecule has 0 atom stereocenters. The molecule has 0 bridgehead atoms. The lowest BCUT2D eigenvalue weighted by Gasteiger charge is -2.19. The summed E-state index contributed by atoms with van der Waals surface area (Å²) in [5.74, 6) is 0.712. The van der Waals surface area contributed by atoms with Gasteiger partial charge in [-0.3, -0.25) is 9.69 Å². The Hall–Kier alpha value is -3.06. The highest BCUT2D eigenvalue weighted by molar-refractivity contribution is 5.99. The molecule has 1 aliphatic carbocycles. The van der Waals surface area contributed by atoms with Crippen LogP contribution in [0.4, 0.5) is 11.4 Å². The molecule has 7 nitrogen and oxygen atoms in total. The molecule has 1 amide bonds. The van der Waals surface area contributed by atoms with Crippen LogP contribution in [0.25, 0.3) is 10.9 Å². The number of hydrogen-bond acceptors (Lipinski definition) is 5. The second-order valence-corrected chi connectivity index (χ2v) is 9.72. The lowest BCUT2D eigenvalue weighted by Crippen LogP contribution is -2.25. The van der Waals surface area contributed by atoms with Crippen LogP contribution in [0, 0.1) is 0 Å². The Balaban J connectivity index is 1.31. The minimum absolute atomic E-state index is 0.0575. The quantitative estimate of drug-likeness (QED) is 0.507. The van der Waals surface area contributed by atoms with Crippen LogP contribution in [0.2, 0.25) is 0 Å². The fourth-order valence-electron chi connectivity index (χ4n) is 5.24. The zero-order chi connectivity index (χ0) is 23.5. The van der Waals surface area contributed by atoms with E-state index in [1.807, 2.05) is 38.5 Å². The Morgan fingerprint density at radius 1 is 1.06 bits per heavy atom. The number of carbonyl (C=O) groups excluding carboxylic acids is 1. The van der Waals surface area contributed by atoms with Gasteiger partial charge in [0.1, 0.15) is 12.3 Å². The van der Waals surface area contributed by atoms with E-state index in [-0.39, 0.29) is 5.91 Å². The number of pyridine rings is 1. The van der Waals surface area contributed by atoms with Gasteiger partial charge in [0.05, 0.1) is 17.4 Å². The third-order valence-corrected chi connectivity index (χ3v) is 7.04. The molecule has 7 heteroatoms. The summed E-state index contributed by atoms with van der Waals surface area (Å²) in [5, 5.41) is 4.57. The number of ether oxygens (including phenoxy) is 1. The zero-order valence-corrected chi connectivity index (χ0v) is 20.3. The van der Waals surface area contributed by atoms with Gasteiger partial charge in [0.25, 0.3) is 5.91 Å². The summed E-state index contributed by atoms with van der Waals surface area (Å²) in [6.45, 7) is 3.99. The standard InChI is InChI=1S/C27H35N5O2/c1-30(2)27(33)25-17-20-9-10-21(18-24(20)32(25)23-7-3-4-8-23)29-22-11-12-26(28-19-22)34-16-15-31-13-5-6-14-31/h9-12,17-19,23,29H,3-8,13-16H2,1-2H3. The summed E-state index contributed by atoms with van der Waals surface area (Å²) in [6, 6.07) is 12.6. The van der Waals surface area contributed by atoms with Crippen LogP contribution in [0.3, 0.4) is 0 Å². The summed E-state index contributed by atoms with van der Waals surface area (Å²) in [6.07, 6.45) is 9.08. The number of amides is 1. The molecule has 1 N–H and O–H groups in total. The van der Waals surface area contributed by atoms with Crippen molar-refractivity contribution in [2.75, 3.05) is 45.7 Å². The van der Waals surface area contributed by atoms with Crippen molar-refractivity contribution in [3.8, 4) is 5.88 Å². The number of fused-ring (bicyclic) bond motifs is 1. The lowest BCUT2D eigenvalue weighted by atomic mass is 10.2. The van der Waals surface area contributed by atoms with Crippen molar-refractivity contribution in [1.82, 2.24) is 19.4 Å². The average Bonchev–Trinajstić information content (AvgIpc) is 3.60. The Kier molecular flexibility index (Phi) is 6.72. The Morgan fingerprint density at radius 3 is 2.53 bits per heavy atom. The molecule has 3 aromatic rings. The van der Waals surface area contributed by atoms with E-state index in [9.17, 15) is 4.79 Å². The van der Waals surface area contributed by atoms with Crippen LogP contribution in [0.5, 0.6) is 5.88 Å². The van der Waals surface area contributed by atoms with Gasteiger partial charge in [0.2, 0.25) is 5.88 Å². The van der Waals surface area contributed by atoms with Gasteiger partial charge < -0.3 is 19.5 Å². The van der Waals surface area contributed by atoms with E-state index in [2.05, 4.69) is 38.0 Å². The van der Waals surface area contributed by atoms with Gasteiger partial charge >= 0.3 is 0 Å². The molecule has 1 aliphatic heterocycles. The third kappa shape index (κ3) is 4.89. The first-order valence-electron chi connectivity index (χ1n) is 12.5. The molecule has 2 aliphatic rings. The number of nitrogens with one attached hydrogen (secondary N) is 1. The summed E-state index contributed by atoms with van der Waals surface area (Å²) < 4.78 is 8.10. The molecule has 180 valence electrons. The molecule has 2 fully saturated rings. The first-order valence-corrected chi connectivity index (χ1v) is 12.5. The predicted molar refractivity (Wildman–Crippen MR) is 136 cm³/mol. The molecule has 3 heterocycles. The highest BCUT2D eigenvalue weighted by atomic mass is 16.5. The van der Waals surface area contributed by atoms with Crippen LogP contribution in [-0.2, 0) is 0 Å². The number of aromatic nitrogens is 2. The monoisotopic (exact) mass is 461 g/mol. The van der Waals surface area contributed by atoms with Crippen LogP contribution >= 0.6 is 0 Å². The van der Waals surface area contributed by atoms with E-state index in [1.165, 1.54) is 38.8 Å². The number of rotatable bonds is 8. The van der Waals surface area contributed by atoms with Crippen LogP contribution in [0.15, 0.2) is 42.6 Å². The highest BCUT2D eigenvalue weighted by Gasteiger charge is 2.25. The smallest absolute Gasteiger partial charge is 0.270 e. The van der Waals surface area contributed by atoms with Crippen LogP contribution in [-0.4, -0.2) is 65.6 Å². The largest absolute Gasteiger partial charge is 0.476 e. The van der Waals surface area contributed by atoms with Crippen molar-refractivity contribution < 1.29 is 9.53 Å². The molecule has 1 aromatic carbocycles. The van der Waals surface area contributed by atoms with Gasteiger partial charge in [-0.2, -0.15) is 0 Å². The molecule has 0 radical (unpaired) electrons. The molecular weight excluding hydrogens is 426 g/mol. The van der Waals surface area contributed by atoms with Crippen molar-refractivity contribution in [2.24, 2.45) is 0 Å². The van der Waals surface area contributed by atoms with E-state index < -0.39 is 0 Å². The van der Waals surface area contributed by atoms with Gasteiger partial charge in [-0.25, -0.2) is 4.98 Å². The summed E-state index contributed by atoms with van der Waals surface area (Å²) in [7, 11) is 3.64.